The molecule has 1 aromatic rings. The zero-order valence-corrected chi connectivity index (χ0v) is 9.73. The lowest BCUT2D eigenvalue weighted by Crippen LogP contribution is -2.24. The van der Waals surface area contributed by atoms with Gasteiger partial charge in [0.15, 0.2) is 0 Å². The van der Waals surface area contributed by atoms with Crippen molar-refractivity contribution in [2.24, 2.45) is 5.41 Å². The number of halogens is 1. The van der Waals surface area contributed by atoms with Crippen molar-refractivity contribution in [3.8, 4) is 0 Å². The zero-order valence-electron chi connectivity index (χ0n) is 8.97. The predicted octanol–water partition coefficient (Wildman–Crippen LogP) is 3.07. The smallest absolute Gasteiger partial charge is 0.0393 e. The van der Waals surface area contributed by atoms with Gasteiger partial charge in [0.2, 0.25) is 0 Å². The summed E-state index contributed by atoms with van der Waals surface area (Å²) in [5.41, 5.74) is 2.26. The molecule has 2 nitrogen and oxygen atoms in total. The van der Waals surface area contributed by atoms with Gasteiger partial charge in [0.25, 0.3) is 0 Å². The van der Waals surface area contributed by atoms with Crippen LogP contribution in [0.15, 0.2) is 18.3 Å². The minimum absolute atomic E-state index is 0.124. The molecule has 0 fully saturated rings. The highest BCUT2D eigenvalue weighted by Crippen LogP contribution is 2.18. The van der Waals surface area contributed by atoms with Crippen LogP contribution < -0.4 is 5.32 Å². The number of rotatable bonds is 4. The van der Waals surface area contributed by atoms with Crippen molar-refractivity contribution < 1.29 is 0 Å². The van der Waals surface area contributed by atoms with Gasteiger partial charge in [0, 0.05) is 30.0 Å². The number of hydrogen-bond acceptors (Lipinski definition) is 2. The van der Waals surface area contributed by atoms with E-state index in [1.807, 2.05) is 25.3 Å². The van der Waals surface area contributed by atoms with Gasteiger partial charge in [0.05, 0.1) is 0 Å². The highest BCUT2D eigenvalue weighted by atomic mass is 35.5. The van der Waals surface area contributed by atoms with Gasteiger partial charge in [-0.25, -0.2) is 0 Å². The molecule has 0 aromatic carbocycles. The maximum Gasteiger partial charge on any atom is 0.0393 e. The van der Waals surface area contributed by atoms with Gasteiger partial charge < -0.3 is 5.32 Å². The average molecular weight is 213 g/mol. The van der Waals surface area contributed by atoms with Gasteiger partial charge in [-0.15, -0.1) is 11.6 Å². The van der Waals surface area contributed by atoms with Crippen LogP contribution in [0.3, 0.4) is 0 Å². The lowest BCUT2D eigenvalue weighted by atomic mass is 9.96. The van der Waals surface area contributed by atoms with Crippen molar-refractivity contribution in [1.29, 1.82) is 0 Å². The Labute approximate surface area is 90.7 Å². The first-order valence-corrected chi connectivity index (χ1v) is 5.29. The molecule has 0 aliphatic heterocycles. The van der Waals surface area contributed by atoms with Crippen molar-refractivity contribution in [1.82, 2.24) is 4.98 Å². The number of nitrogens with zero attached hydrogens (tertiary/aromatic N) is 1. The van der Waals surface area contributed by atoms with Crippen molar-refractivity contribution in [3.05, 3.63) is 24.0 Å². The Morgan fingerprint density at radius 1 is 1.50 bits per heavy atom. The van der Waals surface area contributed by atoms with Crippen LogP contribution in [0.5, 0.6) is 0 Å². The quantitative estimate of drug-likeness (QED) is 0.776. The Hall–Kier alpha value is -0.760. The predicted molar refractivity (Wildman–Crippen MR) is 62.0 cm³/mol. The molecule has 78 valence electrons. The second-order valence-corrected chi connectivity index (χ2v) is 4.60. The molecular formula is C11H17ClN2. The second kappa shape index (κ2) is 4.65. The molecule has 1 heterocycles. The van der Waals surface area contributed by atoms with Crippen LogP contribution in [0.4, 0.5) is 5.69 Å². The molecule has 0 amide bonds. The molecule has 1 N–H and O–H groups in total. The fraction of sp³-hybridized carbons (Fsp3) is 0.545. The molecule has 1 aromatic heterocycles. The van der Waals surface area contributed by atoms with E-state index in [0.717, 1.165) is 17.9 Å². The second-order valence-electron chi connectivity index (χ2n) is 4.34. The third-order valence-corrected chi connectivity index (χ3v) is 2.75. The maximum absolute atomic E-state index is 5.84. The number of aryl methyl sites for hydroxylation is 1. The minimum Gasteiger partial charge on any atom is -0.384 e. The summed E-state index contributed by atoms with van der Waals surface area (Å²) < 4.78 is 0. The first-order chi connectivity index (χ1) is 6.53. The molecule has 1 rings (SSSR count). The molecule has 14 heavy (non-hydrogen) atoms. The standard InChI is InChI=1S/C11H17ClN2/c1-9-6-10(4-5-13-9)14-8-11(2,3)7-12/h4-6H,7-8H2,1-3H3,(H,13,14). The van der Waals surface area contributed by atoms with Crippen molar-refractivity contribution >= 4 is 17.3 Å². The van der Waals surface area contributed by atoms with E-state index in [1.165, 1.54) is 0 Å². The summed E-state index contributed by atoms with van der Waals surface area (Å²) in [5, 5.41) is 3.35. The molecule has 0 spiro atoms. The van der Waals surface area contributed by atoms with Crippen LogP contribution in [0.1, 0.15) is 19.5 Å². The number of pyridine rings is 1. The minimum atomic E-state index is 0.124. The van der Waals surface area contributed by atoms with Gasteiger partial charge in [-0.2, -0.15) is 0 Å². The molecule has 3 heteroatoms. The average Bonchev–Trinajstić information content (AvgIpc) is 2.15. The monoisotopic (exact) mass is 212 g/mol. The molecule has 0 bridgehead atoms. The lowest BCUT2D eigenvalue weighted by molar-refractivity contribution is 0.450. The van der Waals surface area contributed by atoms with Gasteiger partial charge in [0.1, 0.15) is 0 Å². The normalized spacial score (nSPS) is 11.4. The summed E-state index contributed by atoms with van der Waals surface area (Å²) in [6, 6.07) is 4.00. The van der Waals surface area contributed by atoms with E-state index in [2.05, 4.69) is 24.1 Å². The van der Waals surface area contributed by atoms with Gasteiger partial charge in [-0.05, 0) is 24.5 Å². The van der Waals surface area contributed by atoms with E-state index in [0.29, 0.717) is 5.88 Å². The maximum atomic E-state index is 5.84. The van der Waals surface area contributed by atoms with Crippen LogP contribution in [0.2, 0.25) is 0 Å². The summed E-state index contributed by atoms with van der Waals surface area (Å²) in [4.78, 5) is 4.14. The first-order valence-electron chi connectivity index (χ1n) is 4.76. The third kappa shape index (κ3) is 3.54. The molecule has 0 saturated heterocycles. The van der Waals surface area contributed by atoms with Crippen molar-refractivity contribution in [3.63, 3.8) is 0 Å². The molecule has 0 aliphatic carbocycles. The fourth-order valence-corrected chi connectivity index (χ4v) is 1.14. The van der Waals surface area contributed by atoms with Crippen molar-refractivity contribution in [2.45, 2.75) is 20.8 Å². The molecule has 0 saturated carbocycles. The van der Waals surface area contributed by atoms with Crippen LogP contribution in [0.25, 0.3) is 0 Å². The van der Waals surface area contributed by atoms with E-state index in [-0.39, 0.29) is 5.41 Å². The van der Waals surface area contributed by atoms with E-state index >= 15 is 0 Å². The number of hydrogen-bond donors (Lipinski definition) is 1. The molecule has 0 unspecified atom stereocenters. The van der Waals surface area contributed by atoms with Gasteiger partial charge in [-0.3, -0.25) is 4.98 Å². The van der Waals surface area contributed by atoms with E-state index in [9.17, 15) is 0 Å². The molecular weight excluding hydrogens is 196 g/mol. The van der Waals surface area contributed by atoms with Crippen LogP contribution in [-0.4, -0.2) is 17.4 Å². The number of alkyl halides is 1. The number of anilines is 1. The Bertz CT molecular complexity index is 297. The molecule has 0 radical (unpaired) electrons. The summed E-state index contributed by atoms with van der Waals surface area (Å²) in [5.74, 6) is 0.657. The van der Waals surface area contributed by atoms with E-state index in [1.54, 1.807) is 0 Å². The Kier molecular flexibility index (Phi) is 3.76. The molecule has 0 aliphatic rings. The zero-order chi connectivity index (χ0) is 10.6. The number of nitrogens with one attached hydrogen (secondary N) is 1. The van der Waals surface area contributed by atoms with Gasteiger partial charge in [-0.1, -0.05) is 13.8 Å². The summed E-state index contributed by atoms with van der Waals surface area (Å²) in [6.07, 6.45) is 1.81. The highest BCUT2D eigenvalue weighted by Gasteiger charge is 2.15. The third-order valence-electron chi connectivity index (χ3n) is 2.03. The van der Waals surface area contributed by atoms with Crippen molar-refractivity contribution in [2.75, 3.05) is 17.7 Å². The summed E-state index contributed by atoms with van der Waals surface area (Å²) in [6.45, 7) is 7.14. The summed E-state index contributed by atoms with van der Waals surface area (Å²) >= 11 is 5.84. The van der Waals surface area contributed by atoms with Crippen LogP contribution >= 0.6 is 11.6 Å². The Morgan fingerprint density at radius 2 is 2.21 bits per heavy atom. The first kappa shape index (κ1) is 11.3. The van der Waals surface area contributed by atoms with E-state index < -0.39 is 0 Å². The number of aromatic nitrogens is 1. The van der Waals surface area contributed by atoms with Gasteiger partial charge >= 0.3 is 0 Å². The fourth-order valence-electron chi connectivity index (χ4n) is 1.04. The Morgan fingerprint density at radius 3 is 2.79 bits per heavy atom. The van der Waals surface area contributed by atoms with E-state index in [4.69, 9.17) is 11.6 Å². The molecule has 0 atom stereocenters. The lowest BCUT2D eigenvalue weighted by Gasteiger charge is -2.22. The topological polar surface area (TPSA) is 24.9 Å². The SMILES string of the molecule is Cc1cc(NCC(C)(C)CCl)ccn1. The largest absolute Gasteiger partial charge is 0.384 e. The highest BCUT2D eigenvalue weighted by molar-refractivity contribution is 6.18. The summed E-state index contributed by atoms with van der Waals surface area (Å²) in [7, 11) is 0. The Balaban J connectivity index is 2.54. The van der Waals surface area contributed by atoms with Crippen LogP contribution in [-0.2, 0) is 0 Å². The van der Waals surface area contributed by atoms with Crippen LogP contribution in [0, 0.1) is 12.3 Å².